The van der Waals surface area contributed by atoms with Gasteiger partial charge in [0.2, 0.25) is 5.91 Å². The standard InChI is InChI=1S/C11H18N4O.2ClH/c1-9-3-5-12-7-10(9)14-11(16)8-15-6-2-4-13-15;;/h2,4,6,9-10,12H,3,5,7-8H2,1H3,(H,14,16);2*1H. The van der Waals surface area contributed by atoms with Crippen LogP contribution in [0.25, 0.3) is 0 Å². The van der Waals surface area contributed by atoms with Crippen molar-refractivity contribution >= 4 is 30.7 Å². The van der Waals surface area contributed by atoms with Crippen molar-refractivity contribution in [2.24, 2.45) is 5.92 Å². The molecular weight excluding hydrogens is 275 g/mol. The molecule has 1 aromatic heterocycles. The largest absolute Gasteiger partial charge is 0.350 e. The van der Waals surface area contributed by atoms with Crippen molar-refractivity contribution in [3.05, 3.63) is 18.5 Å². The van der Waals surface area contributed by atoms with Crippen LogP contribution in [0.1, 0.15) is 13.3 Å². The highest BCUT2D eigenvalue weighted by Crippen LogP contribution is 2.10. The van der Waals surface area contributed by atoms with Gasteiger partial charge in [-0.25, -0.2) is 0 Å². The van der Waals surface area contributed by atoms with Gasteiger partial charge in [-0.15, -0.1) is 24.8 Å². The van der Waals surface area contributed by atoms with Crippen LogP contribution in [0, 0.1) is 5.92 Å². The number of amides is 1. The van der Waals surface area contributed by atoms with Gasteiger partial charge in [0, 0.05) is 25.0 Å². The molecule has 1 amide bonds. The van der Waals surface area contributed by atoms with E-state index in [1.165, 1.54) is 0 Å². The Morgan fingerprint density at radius 1 is 1.56 bits per heavy atom. The van der Waals surface area contributed by atoms with Gasteiger partial charge >= 0.3 is 0 Å². The predicted molar refractivity (Wildman–Crippen MR) is 75.3 cm³/mol. The van der Waals surface area contributed by atoms with E-state index in [1.54, 1.807) is 17.1 Å². The Kier molecular flexibility index (Phi) is 7.98. The van der Waals surface area contributed by atoms with Crippen LogP contribution in [-0.2, 0) is 11.3 Å². The molecule has 1 fully saturated rings. The van der Waals surface area contributed by atoms with E-state index in [1.807, 2.05) is 6.07 Å². The third-order valence-electron chi connectivity index (χ3n) is 3.04. The fraction of sp³-hybridized carbons (Fsp3) is 0.636. The summed E-state index contributed by atoms with van der Waals surface area (Å²) in [6.07, 6.45) is 4.59. The van der Waals surface area contributed by atoms with Gasteiger partial charge in [0.05, 0.1) is 0 Å². The molecule has 2 atom stereocenters. The molecule has 2 N–H and O–H groups in total. The highest BCUT2D eigenvalue weighted by atomic mass is 35.5. The fourth-order valence-corrected chi connectivity index (χ4v) is 1.98. The number of carbonyl (C=O) groups is 1. The highest BCUT2D eigenvalue weighted by molar-refractivity contribution is 5.85. The molecule has 0 saturated carbocycles. The van der Waals surface area contributed by atoms with Gasteiger partial charge in [-0.1, -0.05) is 6.92 Å². The third kappa shape index (κ3) is 4.84. The molecule has 2 rings (SSSR count). The lowest BCUT2D eigenvalue weighted by atomic mass is 9.95. The summed E-state index contributed by atoms with van der Waals surface area (Å²) in [5.41, 5.74) is 0. The Hall–Kier alpha value is -0.780. The second-order valence-electron chi connectivity index (χ2n) is 4.35. The summed E-state index contributed by atoms with van der Waals surface area (Å²) >= 11 is 0. The monoisotopic (exact) mass is 294 g/mol. The first-order valence-electron chi connectivity index (χ1n) is 5.73. The Morgan fingerprint density at radius 2 is 2.33 bits per heavy atom. The van der Waals surface area contributed by atoms with E-state index in [9.17, 15) is 4.79 Å². The van der Waals surface area contributed by atoms with Gasteiger partial charge in [0.1, 0.15) is 6.54 Å². The minimum absolute atomic E-state index is 0. The molecule has 2 unspecified atom stereocenters. The summed E-state index contributed by atoms with van der Waals surface area (Å²) in [5.74, 6) is 0.576. The van der Waals surface area contributed by atoms with E-state index in [4.69, 9.17) is 0 Å². The van der Waals surface area contributed by atoms with Crippen LogP contribution in [0.3, 0.4) is 0 Å². The van der Waals surface area contributed by atoms with E-state index >= 15 is 0 Å². The number of piperidine rings is 1. The lowest BCUT2D eigenvalue weighted by Crippen LogP contribution is -2.50. The van der Waals surface area contributed by atoms with Gasteiger partial charge in [-0.05, 0) is 24.9 Å². The van der Waals surface area contributed by atoms with Crippen LogP contribution in [-0.4, -0.2) is 34.8 Å². The number of nitrogens with zero attached hydrogens (tertiary/aromatic N) is 2. The van der Waals surface area contributed by atoms with Crippen molar-refractivity contribution in [1.82, 2.24) is 20.4 Å². The van der Waals surface area contributed by atoms with Crippen molar-refractivity contribution in [1.29, 1.82) is 0 Å². The molecule has 7 heteroatoms. The topological polar surface area (TPSA) is 58.9 Å². The van der Waals surface area contributed by atoms with Crippen LogP contribution in [0.5, 0.6) is 0 Å². The Bertz CT molecular complexity index is 345. The van der Waals surface area contributed by atoms with E-state index < -0.39 is 0 Å². The molecule has 0 bridgehead atoms. The summed E-state index contributed by atoms with van der Waals surface area (Å²) in [4.78, 5) is 11.7. The molecule has 0 spiro atoms. The zero-order valence-corrected chi connectivity index (χ0v) is 12.0. The Balaban J connectivity index is 0.00000144. The first kappa shape index (κ1) is 17.2. The predicted octanol–water partition coefficient (Wildman–Crippen LogP) is 0.841. The lowest BCUT2D eigenvalue weighted by Gasteiger charge is -2.30. The zero-order chi connectivity index (χ0) is 11.4. The van der Waals surface area contributed by atoms with Gasteiger partial charge in [-0.2, -0.15) is 5.10 Å². The number of hydrogen-bond acceptors (Lipinski definition) is 3. The first-order chi connectivity index (χ1) is 7.75. The molecule has 1 aliphatic heterocycles. The van der Waals surface area contributed by atoms with E-state index in [2.05, 4.69) is 22.7 Å². The van der Waals surface area contributed by atoms with Crippen LogP contribution in [0.2, 0.25) is 0 Å². The number of aromatic nitrogens is 2. The highest BCUT2D eigenvalue weighted by Gasteiger charge is 2.22. The van der Waals surface area contributed by atoms with Crippen molar-refractivity contribution in [2.45, 2.75) is 25.9 Å². The second kappa shape index (κ2) is 8.34. The SMILES string of the molecule is CC1CCNCC1NC(=O)Cn1cccn1.Cl.Cl. The van der Waals surface area contributed by atoms with Crippen molar-refractivity contribution in [3.8, 4) is 0 Å². The molecule has 1 aliphatic rings. The maximum Gasteiger partial charge on any atom is 0.242 e. The maximum absolute atomic E-state index is 11.7. The molecule has 0 aliphatic carbocycles. The molecule has 0 aromatic carbocycles. The van der Waals surface area contributed by atoms with Crippen LogP contribution in [0.15, 0.2) is 18.5 Å². The average molecular weight is 295 g/mol. The second-order valence-corrected chi connectivity index (χ2v) is 4.35. The molecule has 0 radical (unpaired) electrons. The summed E-state index contributed by atoms with van der Waals surface area (Å²) in [5, 5.41) is 10.3. The normalized spacial score (nSPS) is 22.5. The lowest BCUT2D eigenvalue weighted by molar-refractivity contribution is -0.123. The Labute approximate surface area is 120 Å². The molecule has 104 valence electrons. The van der Waals surface area contributed by atoms with Crippen LogP contribution >= 0.6 is 24.8 Å². The maximum atomic E-state index is 11.7. The average Bonchev–Trinajstić information content (AvgIpc) is 2.74. The number of carbonyl (C=O) groups excluding carboxylic acids is 1. The van der Waals surface area contributed by atoms with Gasteiger partial charge in [0.15, 0.2) is 0 Å². The first-order valence-corrected chi connectivity index (χ1v) is 5.73. The van der Waals surface area contributed by atoms with Crippen molar-refractivity contribution in [3.63, 3.8) is 0 Å². The molecule has 18 heavy (non-hydrogen) atoms. The number of rotatable bonds is 3. The number of nitrogens with one attached hydrogen (secondary N) is 2. The summed E-state index contributed by atoms with van der Waals surface area (Å²) in [6.45, 7) is 4.40. The van der Waals surface area contributed by atoms with Gasteiger partial charge in [-0.3, -0.25) is 9.48 Å². The summed E-state index contributed by atoms with van der Waals surface area (Å²) < 4.78 is 1.64. The quantitative estimate of drug-likeness (QED) is 0.869. The summed E-state index contributed by atoms with van der Waals surface area (Å²) in [7, 11) is 0. The van der Waals surface area contributed by atoms with Crippen molar-refractivity contribution in [2.75, 3.05) is 13.1 Å². The van der Waals surface area contributed by atoms with Gasteiger partial charge in [0.25, 0.3) is 0 Å². The zero-order valence-electron chi connectivity index (χ0n) is 10.3. The van der Waals surface area contributed by atoms with E-state index in [-0.39, 0.29) is 36.8 Å². The molecule has 2 heterocycles. The van der Waals surface area contributed by atoms with Crippen molar-refractivity contribution < 1.29 is 4.79 Å². The molecule has 1 saturated heterocycles. The molecule has 5 nitrogen and oxygen atoms in total. The number of hydrogen-bond donors (Lipinski definition) is 2. The van der Waals surface area contributed by atoms with E-state index in [0.29, 0.717) is 12.5 Å². The van der Waals surface area contributed by atoms with Crippen LogP contribution < -0.4 is 10.6 Å². The summed E-state index contributed by atoms with van der Waals surface area (Å²) in [6, 6.07) is 2.06. The third-order valence-corrected chi connectivity index (χ3v) is 3.04. The molecular formula is C11H20Cl2N4O. The van der Waals surface area contributed by atoms with Crippen LogP contribution in [0.4, 0.5) is 0 Å². The molecule has 1 aromatic rings. The number of halogens is 2. The van der Waals surface area contributed by atoms with E-state index in [0.717, 1.165) is 19.5 Å². The smallest absolute Gasteiger partial charge is 0.242 e. The van der Waals surface area contributed by atoms with Gasteiger partial charge < -0.3 is 10.6 Å². The fourth-order valence-electron chi connectivity index (χ4n) is 1.98. The Morgan fingerprint density at radius 3 is 2.94 bits per heavy atom. The minimum atomic E-state index is 0. The minimum Gasteiger partial charge on any atom is -0.350 e.